The molecule has 2 aromatic rings. The summed E-state index contributed by atoms with van der Waals surface area (Å²) in [7, 11) is 0. The Bertz CT molecular complexity index is 966. The molecule has 32 heavy (non-hydrogen) atoms. The SMILES string of the molecule is CCCNC(=O)CN1CCN(c2ccc(NC(=O)c3ccc(C)cc3)cc2C(=O)O)CC1. The van der Waals surface area contributed by atoms with Gasteiger partial charge in [-0.15, -0.1) is 0 Å². The molecule has 2 amide bonds. The van der Waals surface area contributed by atoms with Crippen LogP contribution in [0.15, 0.2) is 42.5 Å². The number of piperazine rings is 1. The maximum atomic E-state index is 12.5. The van der Waals surface area contributed by atoms with Crippen molar-refractivity contribution in [1.82, 2.24) is 10.2 Å². The topological polar surface area (TPSA) is 102 Å². The molecule has 8 nitrogen and oxygen atoms in total. The Hall–Kier alpha value is -3.39. The molecule has 170 valence electrons. The van der Waals surface area contributed by atoms with Gasteiger partial charge in [-0.05, 0) is 43.7 Å². The third-order valence-corrected chi connectivity index (χ3v) is 5.45. The van der Waals surface area contributed by atoms with Crippen LogP contribution in [0.25, 0.3) is 0 Å². The van der Waals surface area contributed by atoms with Gasteiger partial charge < -0.3 is 20.6 Å². The molecule has 0 saturated carbocycles. The number of benzene rings is 2. The first-order valence-electron chi connectivity index (χ1n) is 10.9. The lowest BCUT2D eigenvalue weighted by molar-refractivity contribution is -0.122. The number of nitrogens with zero attached hydrogens (tertiary/aromatic N) is 2. The first-order chi connectivity index (χ1) is 15.4. The van der Waals surface area contributed by atoms with E-state index in [1.54, 1.807) is 24.3 Å². The van der Waals surface area contributed by atoms with E-state index in [0.29, 0.717) is 56.2 Å². The molecule has 0 bridgehead atoms. The molecule has 3 rings (SSSR count). The van der Waals surface area contributed by atoms with Gasteiger partial charge in [-0.2, -0.15) is 0 Å². The Labute approximate surface area is 188 Å². The van der Waals surface area contributed by atoms with E-state index in [4.69, 9.17) is 0 Å². The minimum absolute atomic E-state index is 0.0141. The number of hydrogen-bond donors (Lipinski definition) is 3. The highest BCUT2D eigenvalue weighted by atomic mass is 16.4. The number of carboxylic acid groups (broad SMARTS) is 1. The largest absolute Gasteiger partial charge is 0.478 e. The standard InChI is InChI=1S/C24H30N4O4/c1-3-10-25-22(29)16-27-11-13-28(14-12-27)21-9-8-19(15-20(21)24(31)32)26-23(30)18-6-4-17(2)5-7-18/h4-9,15H,3,10-14,16H2,1-2H3,(H,25,29)(H,26,30)(H,31,32). The fourth-order valence-corrected chi connectivity index (χ4v) is 3.64. The Morgan fingerprint density at radius 2 is 1.69 bits per heavy atom. The summed E-state index contributed by atoms with van der Waals surface area (Å²) in [5.41, 5.74) is 2.75. The molecule has 0 aromatic heterocycles. The van der Waals surface area contributed by atoms with Crippen molar-refractivity contribution in [1.29, 1.82) is 0 Å². The lowest BCUT2D eigenvalue weighted by Crippen LogP contribution is -2.49. The van der Waals surface area contributed by atoms with Crippen LogP contribution in [0.1, 0.15) is 39.6 Å². The second-order valence-corrected chi connectivity index (χ2v) is 7.97. The minimum Gasteiger partial charge on any atom is -0.478 e. The zero-order valence-electron chi connectivity index (χ0n) is 18.6. The van der Waals surface area contributed by atoms with Crippen LogP contribution in [-0.2, 0) is 4.79 Å². The number of anilines is 2. The number of aryl methyl sites for hydroxylation is 1. The predicted octanol–water partition coefficient (Wildman–Crippen LogP) is 2.59. The van der Waals surface area contributed by atoms with E-state index in [1.807, 2.05) is 30.9 Å². The van der Waals surface area contributed by atoms with E-state index in [-0.39, 0.29) is 17.4 Å². The smallest absolute Gasteiger partial charge is 0.337 e. The molecule has 2 aromatic carbocycles. The van der Waals surface area contributed by atoms with Crippen molar-refractivity contribution in [2.24, 2.45) is 0 Å². The van der Waals surface area contributed by atoms with Crippen LogP contribution in [0, 0.1) is 6.92 Å². The van der Waals surface area contributed by atoms with Crippen molar-refractivity contribution >= 4 is 29.2 Å². The lowest BCUT2D eigenvalue weighted by atomic mass is 10.1. The van der Waals surface area contributed by atoms with Crippen molar-refractivity contribution in [3.8, 4) is 0 Å². The van der Waals surface area contributed by atoms with Crippen molar-refractivity contribution in [3.05, 3.63) is 59.2 Å². The lowest BCUT2D eigenvalue weighted by Gasteiger charge is -2.36. The summed E-state index contributed by atoms with van der Waals surface area (Å²) in [5.74, 6) is -1.32. The van der Waals surface area contributed by atoms with E-state index in [1.165, 1.54) is 6.07 Å². The van der Waals surface area contributed by atoms with Crippen LogP contribution in [0.4, 0.5) is 11.4 Å². The van der Waals surface area contributed by atoms with Crippen LogP contribution in [0.3, 0.4) is 0 Å². The average molecular weight is 439 g/mol. The van der Waals surface area contributed by atoms with Gasteiger partial charge >= 0.3 is 5.97 Å². The molecule has 1 fully saturated rings. The minimum atomic E-state index is -1.05. The fraction of sp³-hybridized carbons (Fsp3) is 0.375. The molecule has 1 aliphatic rings. The van der Waals surface area contributed by atoms with E-state index in [9.17, 15) is 19.5 Å². The van der Waals surface area contributed by atoms with Gasteiger partial charge in [0.25, 0.3) is 5.91 Å². The second-order valence-electron chi connectivity index (χ2n) is 7.97. The summed E-state index contributed by atoms with van der Waals surface area (Å²) in [4.78, 5) is 40.4. The monoisotopic (exact) mass is 438 g/mol. The van der Waals surface area contributed by atoms with Crippen molar-refractivity contribution in [3.63, 3.8) is 0 Å². The van der Waals surface area contributed by atoms with E-state index >= 15 is 0 Å². The number of rotatable bonds is 8. The summed E-state index contributed by atoms with van der Waals surface area (Å²) >= 11 is 0. The Balaban J connectivity index is 1.65. The van der Waals surface area contributed by atoms with Gasteiger partial charge in [-0.1, -0.05) is 24.6 Å². The van der Waals surface area contributed by atoms with E-state index < -0.39 is 5.97 Å². The van der Waals surface area contributed by atoms with Gasteiger partial charge in [0.05, 0.1) is 17.8 Å². The van der Waals surface area contributed by atoms with Crippen molar-refractivity contribution in [2.75, 3.05) is 49.5 Å². The summed E-state index contributed by atoms with van der Waals surface area (Å²) < 4.78 is 0. The van der Waals surface area contributed by atoms with Crippen LogP contribution in [-0.4, -0.2) is 67.1 Å². The molecule has 0 unspecified atom stereocenters. The average Bonchev–Trinajstić information content (AvgIpc) is 2.78. The summed E-state index contributed by atoms with van der Waals surface area (Å²) in [6, 6.07) is 12.1. The molecule has 0 atom stereocenters. The number of carbonyl (C=O) groups is 3. The van der Waals surface area contributed by atoms with Gasteiger partial charge in [0, 0.05) is 44.0 Å². The van der Waals surface area contributed by atoms with Crippen LogP contribution in [0.2, 0.25) is 0 Å². The molecular formula is C24H30N4O4. The number of carbonyl (C=O) groups excluding carboxylic acids is 2. The first-order valence-corrected chi connectivity index (χ1v) is 10.9. The first kappa shape index (κ1) is 23.3. The van der Waals surface area contributed by atoms with Gasteiger partial charge in [0.1, 0.15) is 0 Å². The molecular weight excluding hydrogens is 408 g/mol. The van der Waals surface area contributed by atoms with Crippen LogP contribution >= 0.6 is 0 Å². The number of aromatic carboxylic acids is 1. The van der Waals surface area contributed by atoms with Gasteiger partial charge in [-0.25, -0.2) is 4.79 Å². The van der Waals surface area contributed by atoms with E-state index in [2.05, 4.69) is 15.5 Å². The zero-order chi connectivity index (χ0) is 23.1. The quantitative estimate of drug-likeness (QED) is 0.586. The summed E-state index contributed by atoms with van der Waals surface area (Å²) in [6.07, 6.45) is 0.902. The third kappa shape index (κ3) is 6.07. The number of nitrogens with one attached hydrogen (secondary N) is 2. The zero-order valence-corrected chi connectivity index (χ0v) is 18.6. The Morgan fingerprint density at radius 3 is 2.31 bits per heavy atom. The van der Waals surface area contributed by atoms with Crippen molar-refractivity contribution < 1.29 is 19.5 Å². The molecule has 0 aliphatic carbocycles. The molecule has 1 saturated heterocycles. The number of carboxylic acids is 1. The van der Waals surface area contributed by atoms with Crippen molar-refractivity contribution in [2.45, 2.75) is 20.3 Å². The maximum Gasteiger partial charge on any atom is 0.337 e. The highest BCUT2D eigenvalue weighted by Crippen LogP contribution is 2.26. The molecule has 0 radical (unpaired) electrons. The molecule has 1 aliphatic heterocycles. The Morgan fingerprint density at radius 1 is 1.00 bits per heavy atom. The summed E-state index contributed by atoms with van der Waals surface area (Å²) in [5, 5.41) is 15.4. The molecule has 0 spiro atoms. The normalized spacial score (nSPS) is 14.1. The van der Waals surface area contributed by atoms with E-state index in [0.717, 1.165) is 12.0 Å². The van der Waals surface area contributed by atoms with Gasteiger partial charge in [-0.3, -0.25) is 14.5 Å². The summed E-state index contributed by atoms with van der Waals surface area (Å²) in [6.45, 7) is 7.57. The highest BCUT2D eigenvalue weighted by Gasteiger charge is 2.23. The third-order valence-electron chi connectivity index (χ3n) is 5.45. The second kappa shape index (κ2) is 10.8. The van der Waals surface area contributed by atoms with Crippen LogP contribution < -0.4 is 15.5 Å². The Kier molecular flexibility index (Phi) is 7.83. The fourth-order valence-electron chi connectivity index (χ4n) is 3.64. The molecule has 8 heteroatoms. The van der Waals surface area contributed by atoms with Gasteiger partial charge in [0.2, 0.25) is 5.91 Å². The predicted molar refractivity (Wildman–Crippen MR) is 124 cm³/mol. The molecule has 1 heterocycles. The highest BCUT2D eigenvalue weighted by molar-refractivity contribution is 6.05. The molecule has 3 N–H and O–H groups in total. The number of hydrogen-bond acceptors (Lipinski definition) is 5. The maximum absolute atomic E-state index is 12.5. The van der Waals surface area contributed by atoms with Crippen LogP contribution in [0.5, 0.6) is 0 Å². The number of amides is 2. The van der Waals surface area contributed by atoms with Gasteiger partial charge in [0.15, 0.2) is 0 Å².